The molecule has 178 valence electrons. The van der Waals surface area contributed by atoms with Crippen molar-refractivity contribution >= 4 is 62.2 Å². The van der Waals surface area contributed by atoms with Gasteiger partial charge in [0.1, 0.15) is 11.8 Å². The van der Waals surface area contributed by atoms with Gasteiger partial charge in [0, 0.05) is 15.5 Å². The van der Waals surface area contributed by atoms with Gasteiger partial charge < -0.3 is 9.47 Å². The lowest BCUT2D eigenvalue weighted by molar-refractivity contribution is -0.139. The highest BCUT2D eigenvalue weighted by Crippen LogP contribution is 2.38. The van der Waals surface area contributed by atoms with E-state index in [0.29, 0.717) is 43.4 Å². The topological polar surface area (TPSA) is 69.9 Å². The molecule has 1 aliphatic rings. The number of carbonyl (C=O) groups is 1. The molecule has 0 amide bonds. The van der Waals surface area contributed by atoms with Crippen molar-refractivity contribution in [2.45, 2.75) is 32.7 Å². The summed E-state index contributed by atoms with van der Waals surface area (Å²) in [5.41, 5.74) is 1.31. The van der Waals surface area contributed by atoms with Crippen molar-refractivity contribution in [3.63, 3.8) is 0 Å². The molecule has 1 aromatic carbocycles. The molecule has 1 aliphatic heterocycles. The summed E-state index contributed by atoms with van der Waals surface area (Å²) in [6.07, 6.45) is 3.19. The molecule has 0 saturated heterocycles. The molecule has 0 spiro atoms. The first-order chi connectivity index (χ1) is 16.4. The maximum absolute atomic E-state index is 13.7. The monoisotopic (exact) mass is 580 g/mol. The first-order valence-corrected chi connectivity index (χ1v) is 13.5. The molecule has 6 nitrogen and oxygen atoms in total. The van der Waals surface area contributed by atoms with Gasteiger partial charge in [0.2, 0.25) is 0 Å². The fourth-order valence-corrected chi connectivity index (χ4v) is 6.50. The zero-order valence-corrected chi connectivity index (χ0v) is 22.7. The largest absolute Gasteiger partial charge is 0.496 e. The van der Waals surface area contributed by atoms with E-state index in [2.05, 4.69) is 15.9 Å². The highest BCUT2D eigenvalue weighted by molar-refractivity contribution is 9.11. The van der Waals surface area contributed by atoms with E-state index in [-0.39, 0.29) is 12.2 Å². The highest BCUT2D eigenvalue weighted by atomic mass is 79.9. The third-order valence-electron chi connectivity index (χ3n) is 5.25. The zero-order chi connectivity index (χ0) is 24.4. The van der Waals surface area contributed by atoms with Crippen molar-refractivity contribution in [2.75, 3.05) is 13.7 Å². The summed E-state index contributed by atoms with van der Waals surface area (Å²) in [6.45, 7) is 3.98. The van der Waals surface area contributed by atoms with E-state index in [1.54, 1.807) is 36.8 Å². The maximum Gasteiger partial charge on any atom is 0.338 e. The number of hydrogen-bond acceptors (Lipinski definition) is 7. The lowest BCUT2D eigenvalue weighted by atomic mass is 9.93. The highest BCUT2D eigenvalue weighted by Gasteiger charge is 2.36. The number of allylic oxidation sites excluding steroid dienone is 1. The number of halogens is 2. The third-order valence-corrected chi connectivity index (χ3v) is 8.03. The molecule has 0 bridgehead atoms. The Balaban J connectivity index is 2.05. The summed E-state index contributed by atoms with van der Waals surface area (Å²) in [5.74, 6) is 0.0175. The van der Waals surface area contributed by atoms with E-state index in [1.807, 2.05) is 25.1 Å². The molecule has 0 N–H and O–H groups in total. The van der Waals surface area contributed by atoms with Crippen LogP contribution in [-0.2, 0) is 9.53 Å². The van der Waals surface area contributed by atoms with Gasteiger partial charge in [0.25, 0.3) is 5.56 Å². The molecular formula is C24H22BrClN2O4S2. The fourth-order valence-electron chi connectivity index (χ4n) is 3.87. The van der Waals surface area contributed by atoms with E-state index >= 15 is 0 Å². The van der Waals surface area contributed by atoms with Crippen LogP contribution in [0.4, 0.5) is 0 Å². The summed E-state index contributed by atoms with van der Waals surface area (Å²) in [4.78, 5) is 33.2. The number of carbonyl (C=O) groups excluding carboxylic acids is 1. The number of aromatic nitrogens is 1. The number of esters is 1. The Morgan fingerprint density at radius 3 is 2.71 bits per heavy atom. The minimum Gasteiger partial charge on any atom is -0.496 e. The number of thiophene rings is 1. The molecule has 10 heteroatoms. The molecule has 3 heterocycles. The van der Waals surface area contributed by atoms with Crippen LogP contribution in [0, 0.1) is 0 Å². The first kappa shape index (κ1) is 24.9. The van der Waals surface area contributed by atoms with Gasteiger partial charge in [-0.3, -0.25) is 9.36 Å². The second kappa shape index (κ2) is 10.6. The standard InChI is InChI=1S/C24H22BrClN2O4S2/c1-4-6-16-20(23(30)32-5-2)21(15-11-13(26)7-9-17(15)31-3)28-22(29)18(34-24(28)27-16)12-14-8-10-19(25)33-14/h7-12,21H,4-6H2,1-3H3/b18-12+/t21-/m0/s1. The van der Waals surface area contributed by atoms with Gasteiger partial charge in [0.15, 0.2) is 4.80 Å². The number of nitrogens with zero attached hydrogens (tertiary/aromatic N) is 2. The van der Waals surface area contributed by atoms with Crippen LogP contribution in [0.25, 0.3) is 6.08 Å². The Labute approximate surface area is 218 Å². The van der Waals surface area contributed by atoms with E-state index in [1.165, 1.54) is 22.7 Å². The van der Waals surface area contributed by atoms with E-state index in [4.69, 9.17) is 26.1 Å². The summed E-state index contributed by atoms with van der Waals surface area (Å²) in [6, 6.07) is 8.28. The summed E-state index contributed by atoms with van der Waals surface area (Å²) >= 11 is 12.6. The summed E-state index contributed by atoms with van der Waals surface area (Å²) in [7, 11) is 1.55. The van der Waals surface area contributed by atoms with Crippen LogP contribution in [0.15, 0.2) is 55.2 Å². The Morgan fingerprint density at radius 1 is 1.26 bits per heavy atom. The molecule has 1 atom stereocenters. The lowest BCUT2D eigenvalue weighted by Crippen LogP contribution is -2.40. The van der Waals surface area contributed by atoms with Gasteiger partial charge in [-0.05, 0) is 65.7 Å². The number of fused-ring (bicyclic) bond motifs is 1. The maximum atomic E-state index is 13.7. The van der Waals surface area contributed by atoms with Crippen LogP contribution in [0.1, 0.15) is 43.2 Å². The van der Waals surface area contributed by atoms with Gasteiger partial charge in [-0.1, -0.05) is 36.3 Å². The summed E-state index contributed by atoms with van der Waals surface area (Å²) < 4.78 is 14.1. The molecule has 0 radical (unpaired) electrons. The first-order valence-electron chi connectivity index (χ1n) is 10.7. The predicted octanol–water partition coefficient (Wildman–Crippen LogP) is 5.06. The van der Waals surface area contributed by atoms with Crippen molar-refractivity contribution in [2.24, 2.45) is 4.99 Å². The normalized spacial score (nSPS) is 15.8. The average molecular weight is 582 g/mol. The van der Waals surface area contributed by atoms with Gasteiger partial charge >= 0.3 is 5.97 Å². The van der Waals surface area contributed by atoms with Gasteiger partial charge in [0.05, 0.1) is 33.3 Å². The van der Waals surface area contributed by atoms with Crippen molar-refractivity contribution in [3.8, 4) is 5.75 Å². The van der Waals surface area contributed by atoms with Crippen LogP contribution in [0.2, 0.25) is 5.02 Å². The van der Waals surface area contributed by atoms with Gasteiger partial charge in [-0.2, -0.15) is 0 Å². The molecular weight excluding hydrogens is 560 g/mol. The third kappa shape index (κ3) is 4.79. The van der Waals surface area contributed by atoms with Crippen molar-refractivity contribution in [1.82, 2.24) is 4.57 Å². The number of hydrogen-bond donors (Lipinski definition) is 0. The number of thiazole rings is 1. The van der Waals surface area contributed by atoms with Crippen molar-refractivity contribution in [3.05, 3.63) is 80.5 Å². The fraction of sp³-hybridized carbons (Fsp3) is 0.292. The lowest BCUT2D eigenvalue weighted by Gasteiger charge is -2.27. The van der Waals surface area contributed by atoms with Gasteiger partial charge in [-0.15, -0.1) is 11.3 Å². The smallest absolute Gasteiger partial charge is 0.338 e. The van der Waals surface area contributed by atoms with Crippen molar-refractivity contribution < 1.29 is 14.3 Å². The number of benzene rings is 1. The number of rotatable bonds is 7. The van der Waals surface area contributed by atoms with Crippen LogP contribution in [0.3, 0.4) is 0 Å². The average Bonchev–Trinajstić information content (AvgIpc) is 3.35. The molecule has 0 unspecified atom stereocenters. The van der Waals surface area contributed by atoms with Crippen LogP contribution < -0.4 is 19.6 Å². The van der Waals surface area contributed by atoms with Crippen molar-refractivity contribution in [1.29, 1.82) is 0 Å². The van der Waals surface area contributed by atoms with Crippen LogP contribution >= 0.6 is 50.2 Å². The van der Waals surface area contributed by atoms with Crippen LogP contribution in [0.5, 0.6) is 5.75 Å². The Bertz CT molecular complexity index is 1450. The molecule has 0 saturated carbocycles. The Morgan fingerprint density at radius 2 is 2.06 bits per heavy atom. The van der Waals surface area contributed by atoms with E-state index < -0.39 is 12.0 Å². The quantitative estimate of drug-likeness (QED) is 0.366. The Hall–Kier alpha value is -2.20. The number of ether oxygens (including phenoxy) is 2. The SMILES string of the molecule is CCCC1=C(C(=O)OCC)[C@H](c2cc(Cl)ccc2OC)n2c(s/c(=C/c3ccc(Br)s3)c2=O)=N1. The molecule has 4 rings (SSSR count). The molecule has 34 heavy (non-hydrogen) atoms. The molecule has 0 aliphatic carbocycles. The molecule has 0 fully saturated rings. The predicted molar refractivity (Wildman–Crippen MR) is 140 cm³/mol. The Kier molecular flexibility index (Phi) is 7.77. The molecule has 3 aromatic rings. The zero-order valence-electron chi connectivity index (χ0n) is 18.8. The van der Waals surface area contributed by atoms with Crippen LogP contribution in [-0.4, -0.2) is 24.3 Å². The minimum absolute atomic E-state index is 0.207. The second-order valence-corrected chi connectivity index (χ2v) is 11.4. The van der Waals surface area contributed by atoms with E-state index in [9.17, 15) is 9.59 Å². The van der Waals surface area contributed by atoms with Gasteiger partial charge in [-0.25, -0.2) is 9.79 Å². The summed E-state index contributed by atoms with van der Waals surface area (Å²) in [5, 5.41) is 0.471. The second-order valence-electron chi connectivity index (χ2n) is 7.44. The molecule has 2 aromatic heterocycles. The van der Waals surface area contributed by atoms with E-state index in [0.717, 1.165) is 15.1 Å². The number of methoxy groups -OCH3 is 1. The minimum atomic E-state index is -0.775.